The molecule has 2 aromatic rings. The minimum Gasteiger partial charge on any atom is -0.305 e. The fourth-order valence-electron chi connectivity index (χ4n) is 3.30. The van der Waals surface area contributed by atoms with Crippen LogP contribution in [0.2, 0.25) is 0 Å². The molecule has 2 aliphatic rings. The quantitative estimate of drug-likeness (QED) is 0.632. The van der Waals surface area contributed by atoms with Gasteiger partial charge in [-0.1, -0.05) is 24.3 Å². The number of carbonyl (C=O) groups excluding carboxylic acids is 4. The number of imide groups is 1. The minimum atomic E-state index is -0.566. The Kier molecular flexibility index (Phi) is 3.46. The number of amides is 3. The molecule has 124 valence electrons. The molecule has 0 aromatic heterocycles. The fraction of sp³-hybridized carbons (Fsp3) is 0.158. The number of fused-ring (bicyclic) bond motifs is 2. The van der Waals surface area contributed by atoms with Gasteiger partial charge in [0.2, 0.25) is 0 Å². The van der Waals surface area contributed by atoms with E-state index in [0.29, 0.717) is 28.8 Å². The molecule has 0 atom stereocenters. The molecule has 0 N–H and O–H groups in total. The molecule has 25 heavy (non-hydrogen) atoms. The van der Waals surface area contributed by atoms with Crippen molar-refractivity contribution in [3.05, 3.63) is 65.2 Å². The lowest BCUT2D eigenvalue weighted by Gasteiger charge is -2.19. The Hall–Kier alpha value is -3.28. The Morgan fingerprint density at radius 2 is 1.12 bits per heavy atom. The third-order valence-corrected chi connectivity index (χ3v) is 4.52. The van der Waals surface area contributed by atoms with Crippen LogP contribution in [0.1, 0.15) is 37.5 Å². The second-order valence-electron chi connectivity index (χ2n) is 5.96. The zero-order valence-corrected chi connectivity index (χ0v) is 13.3. The van der Waals surface area contributed by atoms with Gasteiger partial charge in [-0.3, -0.25) is 24.1 Å². The van der Waals surface area contributed by atoms with Crippen molar-refractivity contribution in [3.8, 4) is 0 Å². The first-order chi connectivity index (χ1) is 12.1. The van der Waals surface area contributed by atoms with Crippen LogP contribution in [0.5, 0.6) is 0 Å². The summed E-state index contributed by atoms with van der Waals surface area (Å²) in [4.78, 5) is 51.3. The lowest BCUT2D eigenvalue weighted by Crippen LogP contribution is -2.35. The number of para-hydroxylation sites is 1. The number of carbonyl (C=O) groups is 4. The van der Waals surface area contributed by atoms with Crippen LogP contribution in [0.15, 0.2) is 48.5 Å². The van der Waals surface area contributed by atoms with E-state index in [1.807, 2.05) is 0 Å². The Balaban J connectivity index is 1.46. The van der Waals surface area contributed by atoms with Gasteiger partial charge in [-0.25, -0.2) is 0 Å². The second-order valence-corrected chi connectivity index (χ2v) is 5.96. The van der Waals surface area contributed by atoms with Crippen LogP contribution in [0.3, 0.4) is 0 Å². The molecular formula is C19H14N2O4. The Labute approximate surface area is 143 Å². The van der Waals surface area contributed by atoms with E-state index in [4.69, 9.17) is 0 Å². The number of hydrogen-bond donors (Lipinski definition) is 0. The van der Waals surface area contributed by atoms with Crippen LogP contribution in [0.25, 0.3) is 0 Å². The van der Waals surface area contributed by atoms with Crippen LogP contribution in [-0.2, 0) is 4.79 Å². The first-order valence-electron chi connectivity index (χ1n) is 8.00. The van der Waals surface area contributed by atoms with Gasteiger partial charge in [0.15, 0.2) is 0 Å². The summed E-state index contributed by atoms with van der Waals surface area (Å²) in [5.41, 5.74) is 1.80. The summed E-state index contributed by atoms with van der Waals surface area (Å²) in [7, 11) is 0. The van der Waals surface area contributed by atoms with E-state index in [0.717, 1.165) is 0 Å². The Morgan fingerprint density at radius 3 is 1.76 bits per heavy atom. The largest absolute Gasteiger partial charge is 0.305 e. The van der Waals surface area contributed by atoms with Crippen LogP contribution in [-0.4, -0.2) is 41.5 Å². The van der Waals surface area contributed by atoms with E-state index >= 15 is 0 Å². The maximum absolute atomic E-state index is 12.3. The summed E-state index contributed by atoms with van der Waals surface area (Å²) in [6, 6.07) is 13.5. The first-order valence-corrected chi connectivity index (χ1v) is 8.00. The molecule has 0 saturated heterocycles. The highest BCUT2D eigenvalue weighted by Gasteiger charge is 2.37. The van der Waals surface area contributed by atoms with Crippen molar-refractivity contribution in [1.29, 1.82) is 0 Å². The topological polar surface area (TPSA) is 74.8 Å². The van der Waals surface area contributed by atoms with Crippen molar-refractivity contribution in [3.63, 3.8) is 0 Å². The molecule has 0 bridgehead atoms. The number of Topliss-reactive ketones (excluding diaryl/α,β-unsaturated/α-hetero) is 1. The van der Waals surface area contributed by atoms with E-state index in [2.05, 4.69) is 0 Å². The monoisotopic (exact) mass is 334 g/mol. The molecule has 2 aromatic carbocycles. The Bertz CT molecular complexity index is 900. The number of anilines is 1. The zero-order chi connectivity index (χ0) is 17.6. The normalized spacial score (nSPS) is 15.8. The smallest absolute Gasteiger partial charge is 0.299 e. The van der Waals surface area contributed by atoms with Crippen molar-refractivity contribution in [2.24, 2.45) is 0 Å². The van der Waals surface area contributed by atoms with E-state index in [-0.39, 0.29) is 24.9 Å². The van der Waals surface area contributed by atoms with Crippen LogP contribution in [0.4, 0.5) is 5.69 Å². The van der Waals surface area contributed by atoms with Crippen LogP contribution in [0, 0.1) is 0 Å². The summed E-state index contributed by atoms with van der Waals surface area (Å²) < 4.78 is 0. The molecule has 3 amide bonds. The van der Waals surface area contributed by atoms with Gasteiger partial charge in [0.25, 0.3) is 23.5 Å². The van der Waals surface area contributed by atoms with Gasteiger partial charge in [-0.2, -0.15) is 0 Å². The third-order valence-electron chi connectivity index (χ3n) is 4.52. The van der Waals surface area contributed by atoms with Crippen molar-refractivity contribution >= 4 is 29.2 Å². The SMILES string of the molecule is O=C1C(=O)N(CCCN2C(=O)c3ccccc3C2=O)c2ccccc21. The van der Waals surface area contributed by atoms with Crippen molar-refractivity contribution in [2.75, 3.05) is 18.0 Å². The van der Waals surface area contributed by atoms with Crippen LogP contribution >= 0.6 is 0 Å². The van der Waals surface area contributed by atoms with Crippen LogP contribution < -0.4 is 4.90 Å². The molecule has 2 aliphatic heterocycles. The minimum absolute atomic E-state index is 0.201. The highest BCUT2D eigenvalue weighted by Crippen LogP contribution is 2.29. The average molecular weight is 334 g/mol. The van der Waals surface area contributed by atoms with Crippen molar-refractivity contribution < 1.29 is 19.2 Å². The Morgan fingerprint density at radius 1 is 0.600 bits per heavy atom. The van der Waals surface area contributed by atoms with Gasteiger partial charge in [0, 0.05) is 13.1 Å². The van der Waals surface area contributed by atoms with Gasteiger partial charge < -0.3 is 4.90 Å². The molecule has 6 nitrogen and oxygen atoms in total. The molecule has 2 heterocycles. The third kappa shape index (κ3) is 2.26. The molecule has 4 rings (SSSR count). The molecule has 0 fully saturated rings. The predicted molar refractivity (Wildman–Crippen MR) is 89.6 cm³/mol. The van der Waals surface area contributed by atoms with Crippen molar-refractivity contribution in [2.45, 2.75) is 6.42 Å². The number of nitrogens with zero attached hydrogens (tertiary/aromatic N) is 2. The van der Waals surface area contributed by atoms with E-state index in [9.17, 15) is 19.2 Å². The standard InChI is InChI=1S/C19H14N2O4/c22-16-14-8-3-4-9-15(14)20(19(16)25)10-5-11-21-17(23)12-6-1-2-7-13(12)18(21)24/h1-4,6-9H,5,10-11H2. The van der Waals surface area contributed by atoms with E-state index in [1.165, 1.54) is 9.80 Å². The van der Waals surface area contributed by atoms with Gasteiger partial charge in [-0.05, 0) is 30.7 Å². The number of ketones is 1. The summed E-state index contributed by atoms with van der Waals surface area (Å²) in [6.07, 6.45) is 0.402. The maximum atomic E-state index is 12.3. The van der Waals surface area contributed by atoms with E-state index < -0.39 is 11.7 Å². The summed E-state index contributed by atoms with van der Waals surface area (Å²) in [6.45, 7) is 0.474. The number of hydrogen-bond acceptors (Lipinski definition) is 4. The summed E-state index contributed by atoms with van der Waals surface area (Å²) in [5.74, 6) is -1.71. The molecule has 0 saturated carbocycles. The summed E-state index contributed by atoms with van der Waals surface area (Å²) in [5, 5.41) is 0. The lowest BCUT2D eigenvalue weighted by molar-refractivity contribution is -0.114. The zero-order valence-electron chi connectivity index (χ0n) is 13.3. The van der Waals surface area contributed by atoms with Gasteiger partial charge in [-0.15, -0.1) is 0 Å². The average Bonchev–Trinajstić information content (AvgIpc) is 3.03. The second kappa shape index (κ2) is 5.66. The highest BCUT2D eigenvalue weighted by molar-refractivity contribution is 6.52. The molecule has 0 aliphatic carbocycles. The molecule has 0 spiro atoms. The number of benzene rings is 2. The molecule has 6 heteroatoms. The summed E-state index contributed by atoms with van der Waals surface area (Å²) >= 11 is 0. The molecule has 0 radical (unpaired) electrons. The predicted octanol–water partition coefficient (Wildman–Crippen LogP) is 1.90. The van der Waals surface area contributed by atoms with Crippen molar-refractivity contribution in [1.82, 2.24) is 4.90 Å². The van der Waals surface area contributed by atoms with Gasteiger partial charge in [0.1, 0.15) is 0 Å². The van der Waals surface area contributed by atoms with Gasteiger partial charge >= 0.3 is 0 Å². The van der Waals surface area contributed by atoms with Gasteiger partial charge in [0.05, 0.1) is 22.4 Å². The lowest BCUT2D eigenvalue weighted by atomic mass is 10.1. The highest BCUT2D eigenvalue weighted by atomic mass is 16.2. The first kappa shape index (κ1) is 15.3. The number of rotatable bonds is 4. The molecule has 0 unspecified atom stereocenters. The van der Waals surface area contributed by atoms with E-state index in [1.54, 1.807) is 48.5 Å². The maximum Gasteiger partial charge on any atom is 0.299 e. The molecular weight excluding hydrogens is 320 g/mol. The fourth-order valence-corrected chi connectivity index (χ4v) is 3.30.